The second-order valence-corrected chi connectivity index (χ2v) is 8.95. The van der Waals surface area contributed by atoms with Gasteiger partial charge in [0.15, 0.2) is 0 Å². The van der Waals surface area contributed by atoms with Gasteiger partial charge in [-0.1, -0.05) is 18.2 Å². The highest BCUT2D eigenvalue weighted by molar-refractivity contribution is 7.89. The van der Waals surface area contributed by atoms with Crippen LogP contribution in [0.25, 0.3) is 0 Å². The number of carbonyl (C=O) groups is 1. The Balaban J connectivity index is 1.47. The van der Waals surface area contributed by atoms with Gasteiger partial charge >= 0.3 is 6.03 Å². The molecule has 0 saturated carbocycles. The molecule has 1 fully saturated rings. The molecule has 0 unspecified atom stereocenters. The average Bonchev–Trinajstić information content (AvgIpc) is 2.96. The molecule has 0 aliphatic carbocycles. The lowest BCUT2D eigenvalue weighted by Gasteiger charge is -2.27. The predicted octanol–water partition coefficient (Wildman–Crippen LogP) is 2.70. The number of halogens is 1. The molecule has 28 heavy (non-hydrogen) atoms. The van der Waals surface area contributed by atoms with Crippen molar-refractivity contribution in [2.75, 3.05) is 37.6 Å². The van der Waals surface area contributed by atoms with Crippen LogP contribution in [-0.2, 0) is 16.4 Å². The maximum atomic E-state index is 13.1. The molecule has 2 aliphatic rings. The molecule has 8 heteroatoms. The van der Waals surface area contributed by atoms with E-state index in [1.54, 1.807) is 9.80 Å². The quantitative estimate of drug-likeness (QED) is 0.775. The number of fused-ring (bicyclic) bond motifs is 1. The van der Waals surface area contributed by atoms with Crippen LogP contribution < -0.4 is 4.90 Å². The van der Waals surface area contributed by atoms with E-state index in [4.69, 9.17) is 0 Å². The minimum Gasteiger partial charge on any atom is -0.323 e. The lowest BCUT2D eigenvalue weighted by atomic mass is 10.2. The van der Waals surface area contributed by atoms with Gasteiger partial charge in [-0.3, -0.25) is 4.90 Å². The van der Waals surface area contributed by atoms with Crippen molar-refractivity contribution < 1.29 is 17.6 Å². The Morgan fingerprint density at radius 2 is 1.64 bits per heavy atom. The van der Waals surface area contributed by atoms with Gasteiger partial charge in [0.2, 0.25) is 10.0 Å². The van der Waals surface area contributed by atoms with Gasteiger partial charge in [0.1, 0.15) is 5.82 Å². The summed E-state index contributed by atoms with van der Waals surface area (Å²) in [4.78, 5) is 16.6. The van der Waals surface area contributed by atoms with Gasteiger partial charge in [-0.2, -0.15) is 4.31 Å². The van der Waals surface area contributed by atoms with E-state index < -0.39 is 15.8 Å². The predicted molar refractivity (Wildman–Crippen MR) is 104 cm³/mol. The summed E-state index contributed by atoms with van der Waals surface area (Å²) in [5.74, 6) is -0.475. The lowest BCUT2D eigenvalue weighted by molar-refractivity contribution is 0.207. The number of nitrogens with zero attached hydrogens (tertiary/aromatic N) is 3. The fourth-order valence-corrected chi connectivity index (χ4v) is 5.26. The van der Waals surface area contributed by atoms with Crippen molar-refractivity contribution >= 4 is 21.7 Å². The van der Waals surface area contributed by atoms with E-state index in [1.807, 2.05) is 24.3 Å². The third kappa shape index (κ3) is 3.49. The number of anilines is 1. The van der Waals surface area contributed by atoms with E-state index in [1.165, 1.54) is 16.4 Å². The number of hydrogen-bond donors (Lipinski definition) is 0. The van der Waals surface area contributed by atoms with E-state index in [0.717, 1.165) is 29.8 Å². The molecule has 2 aliphatic heterocycles. The Kier molecular flexibility index (Phi) is 5.07. The summed E-state index contributed by atoms with van der Waals surface area (Å²) in [6.07, 6.45) is 1.39. The summed E-state index contributed by atoms with van der Waals surface area (Å²) in [6, 6.07) is 12.6. The number of amides is 2. The third-order valence-corrected chi connectivity index (χ3v) is 7.21. The van der Waals surface area contributed by atoms with Gasteiger partial charge in [0.05, 0.1) is 4.90 Å². The molecule has 2 aromatic carbocycles. The van der Waals surface area contributed by atoms with Crippen LogP contribution in [0.2, 0.25) is 0 Å². The van der Waals surface area contributed by atoms with Gasteiger partial charge in [0, 0.05) is 38.4 Å². The van der Waals surface area contributed by atoms with E-state index in [2.05, 4.69) is 0 Å². The zero-order valence-electron chi connectivity index (χ0n) is 15.4. The fraction of sp³-hybridized carbons (Fsp3) is 0.350. The number of urea groups is 1. The van der Waals surface area contributed by atoms with Gasteiger partial charge in [-0.25, -0.2) is 17.6 Å². The molecule has 0 aromatic heterocycles. The van der Waals surface area contributed by atoms with Crippen LogP contribution >= 0.6 is 0 Å². The van der Waals surface area contributed by atoms with Gasteiger partial charge in [0.25, 0.3) is 0 Å². The van der Waals surface area contributed by atoms with Crippen LogP contribution in [0.15, 0.2) is 53.4 Å². The number of benzene rings is 2. The minimum atomic E-state index is -3.70. The molecule has 2 heterocycles. The molecule has 2 amide bonds. The summed E-state index contributed by atoms with van der Waals surface area (Å²) >= 11 is 0. The molecule has 0 bridgehead atoms. The summed E-state index contributed by atoms with van der Waals surface area (Å²) in [6.45, 7) is 2.04. The van der Waals surface area contributed by atoms with E-state index in [9.17, 15) is 17.6 Å². The van der Waals surface area contributed by atoms with Crippen LogP contribution in [0.4, 0.5) is 14.9 Å². The number of carbonyl (C=O) groups excluding carboxylic acids is 1. The monoisotopic (exact) mass is 403 g/mol. The first-order chi connectivity index (χ1) is 13.5. The van der Waals surface area contributed by atoms with Crippen molar-refractivity contribution in [2.45, 2.75) is 17.7 Å². The first-order valence-electron chi connectivity index (χ1n) is 9.37. The Hall–Kier alpha value is -2.45. The van der Waals surface area contributed by atoms with Crippen molar-refractivity contribution in [3.8, 4) is 0 Å². The first kappa shape index (κ1) is 18.9. The molecule has 0 spiro atoms. The van der Waals surface area contributed by atoms with Crippen molar-refractivity contribution in [1.82, 2.24) is 9.21 Å². The van der Waals surface area contributed by atoms with Crippen LogP contribution in [0, 0.1) is 5.82 Å². The summed E-state index contributed by atoms with van der Waals surface area (Å²) in [7, 11) is -3.70. The van der Waals surface area contributed by atoms with Gasteiger partial charge in [-0.15, -0.1) is 0 Å². The number of para-hydroxylation sites is 1. The lowest BCUT2D eigenvalue weighted by Crippen LogP contribution is -2.44. The zero-order chi connectivity index (χ0) is 19.7. The van der Waals surface area contributed by atoms with Crippen molar-refractivity contribution in [2.24, 2.45) is 0 Å². The highest BCUT2D eigenvalue weighted by Gasteiger charge is 2.32. The molecule has 0 radical (unpaired) electrons. The maximum absolute atomic E-state index is 13.1. The molecule has 2 aromatic rings. The molecule has 1 saturated heterocycles. The van der Waals surface area contributed by atoms with Gasteiger partial charge in [-0.05, 0) is 48.7 Å². The van der Waals surface area contributed by atoms with Crippen LogP contribution in [0.1, 0.15) is 12.0 Å². The SMILES string of the molecule is O=C(N1CCCN(S(=O)(=O)c2ccc(F)cc2)CC1)N1CCc2ccccc21. The first-order valence-corrected chi connectivity index (χ1v) is 10.8. The van der Waals surface area contributed by atoms with Gasteiger partial charge < -0.3 is 4.90 Å². The topological polar surface area (TPSA) is 60.9 Å². The standard InChI is InChI=1S/C20H22FN3O3S/c21-17-6-8-18(9-7-17)28(26,27)23-12-3-11-22(14-15-23)20(25)24-13-10-16-4-1-2-5-19(16)24/h1-2,4-9H,3,10-15H2. The van der Waals surface area contributed by atoms with E-state index in [-0.39, 0.29) is 17.5 Å². The number of rotatable bonds is 2. The largest absolute Gasteiger partial charge is 0.324 e. The molecule has 6 nitrogen and oxygen atoms in total. The molecule has 4 rings (SSSR count). The summed E-state index contributed by atoms with van der Waals surface area (Å²) in [5.41, 5.74) is 2.10. The zero-order valence-corrected chi connectivity index (χ0v) is 16.2. The normalized spacial score (nSPS) is 18.0. The van der Waals surface area contributed by atoms with E-state index in [0.29, 0.717) is 32.6 Å². The maximum Gasteiger partial charge on any atom is 0.324 e. The van der Waals surface area contributed by atoms with Crippen LogP contribution in [-0.4, -0.2) is 56.4 Å². The van der Waals surface area contributed by atoms with Crippen LogP contribution in [0.5, 0.6) is 0 Å². The average molecular weight is 403 g/mol. The number of hydrogen-bond acceptors (Lipinski definition) is 3. The Labute approximate surface area is 164 Å². The Morgan fingerprint density at radius 1 is 0.893 bits per heavy atom. The minimum absolute atomic E-state index is 0.0714. The smallest absolute Gasteiger partial charge is 0.323 e. The molecular weight excluding hydrogens is 381 g/mol. The summed E-state index contributed by atoms with van der Waals surface area (Å²) < 4.78 is 40.2. The highest BCUT2D eigenvalue weighted by Crippen LogP contribution is 2.29. The Morgan fingerprint density at radius 3 is 2.43 bits per heavy atom. The third-order valence-electron chi connectivity index (χ3n) is 5.29. The highest BCUT2D eigenvalue weighted by atomic mass is 32.2. The van der Waals surface area contributed by atoms with Crippen molar-refractivity contribution in [1.29, 1.82) is 0 Å². The second-order valence-electron chi connectivity index (χ2n) is 7.01. The molecular formula is C20H22FN3O3S. The molecule has 0 atom stereocenters. The fourth-order valence-electron chi connectivity index (χ4n) is 3.79. The number of sulfonamides is 1. The summed E-state index contributed by atoms with van der Waals surface area (Å²) in [5, 5.41) is 0. The molecule has 148 valence electrons. The van der Waals surface area contributed by atoms with Crippen molar-refractivity contribution in [3.05, 3.63) is 59.9 Å². The van der Waals surface area contributed by atoms with Crippen molar-refractivity contribution in [3.63, 3.8) is 0 Å². The van der Waals surface area contributed by atoms with Crippen LogP contribution in [0.3, 0.4) is 0 Å². The second kappa shape index (κ2) is 7.52. The molecule has 0 N–H and O–H groups in total. The van der Waals surface area contributed by atoms with E-state index >= 15 is 0 Å². The Bertz CT molecular complexity index is 978.